The molecule has 1 rings (SSSR count). The van der Waals surface area contributed by atoms with Crippen molar-refractivity contribution in [1.29, 1.82) is 0 Å². The third-order valence-corrected chi connectivity index (χ3v) is 3.20. The van der Waals surface area contributed by atoms with Crippen molar-refractivity contribution in [2.45, 2.75) is 44.8 Å². The van der Waals surface area contributed by atoms with Gasteiger partial charge in [-0.05, 0) is 11.8 Å². The summed E-state index contributed by atoms with van der Waals surface area (Å²) in [5.41, 5.74) is 0. The average Bonchev–Trinajstić information content (AvgIpc) is 2.42. The van der Waals surface area contributed by atoms with E-state index in [-0.39, 0.29) is 6.67 Å². The van der Waals surface area contributed by atoms with Crippen LogP contribution in [0.4, 0.5) is 4.39 Å². The molecule has 12 heavy (non-hydrogen) atoms. The van der Waals surface area contributed by atoms with Gasteiger partial charge in [-0.2, -0.15) is 0 Å². The summed E-state index contributed by atoms with van der Waals surface area (Å²) < 4.78 is 12.5. The van der Waals surface area contributed by atoms with Gasteiger partial charge in [0.25, 0.3) is 0 Å². The van der Waals surface area contributed by atoms with Crippen LogP contribution in [-0.2, 0) is 0 Å². The zero-order valence-electron chi connectivity index (χ0n) is 8.35. The van der Waals surface area contributed by atoms with E-state index in [1.807, 2.05) is 0 Å². The van der Waals surface area contributed by atoms with Crippen LogP contribution in [0.25, 0.3) is 0 Å². The van der Waals surface area contributed by atoms with Crippen molar-refractivity contribution in [3.8, 4) is 0 Å². The molecular weight excluding hydrogens is 150 g/mol. The number of rotatable bonds is 4. The number of unbranched alkanes of at least 4 members (excludes halogenated alkanes) is 1. The first-order valence-electron chi connectivity index (χ1n) is 5.33. The predicted octanol–water partition coefficient (Wildman–Crippen LogP) is 2.59. The minimum absolute atomic E-state index is 0.0846. The van der Waals surface area contributed by atoms with Crippen molar-refractivity contribution in [3.63, 3.8) is 0 Å². The van der Waals surface area contributed by atoms with Crippen molar-refractivity contribution in [1.82, 2.24) is 0 Å². The molecular formula is C10H20BF. The fourth-order valence-electron chi connectivity index (χ4n) is 2.52. The van der Waals surface area contributed by atoms with Gasteiger partial charge in [0.15, 0.2) is 0 Å². The quantitative estimate of drug-likeness (QED) is 0.569. The van der Waals surface area contributed by atoms with E-state index in [4.69, 9.17) is 0 Å². The average molecular weight is 170 g/mol. The summed E-state index contributed by atoms with van der Waals surface area (Å²) in [4.78, 5) is 0. The third kappa shape index (κ3) is 2.50. The molecule has 0 aromatic heterocycles. The van der Waals surface area contributed by atoms with Crippen LogP contribution in [0.2, 0.25) is 5.82 Å². The van der Waals surface area contributed by atoms with Crippen molar-refractivity contribution >= 4 is 7.85 Å². The Morgan fingerprint density at radius 2 is 2.00 bits per heavy atom. The first-order chi connectivity index (χ1) is 5.77. The second-order valence-electron chi connectivity index (χ2n) is 4.39. The summed E-state index contributed by atoms with van der Waals surface area (Å²) in [7, 11) is 2.26. The lowest BCUT2D eigenvalue weighted by Gasteiger charge is -2.15. The van der Waals surface area contributed by atoms with Crippen LogP contribution in [0.1, 0.15) is 39.0 Å². The number of halogens is 1. The lowest BCUT2D eigenvalue weighted by molar-refractivity contribution is 0.279. The summed E-state index contributed by atoms with van der Waals surface area (Å²) in [6.45, 7) is 2.13. The first-order valence-corrected chi connectivity index (χ1v) is 5.33. The standard InChI is InChI=1S/C10H20BF/c1-2-3-4-8-5-10(11)6-9(8)7-12/h8-10H,2-7,11H2,1H3. The molecule has 0 aromatic carbocycles. The molecule has 1 aliphatic rings. The van der Waals surface area contributed by atoms with Crippen LogP contribution in [-0.4, -0.2) is 14.5 Å². The van der Waals surface area contributed by atoms with Gasteiger partial charge in [0.2, 0.25) is 0 Å². The van der Waals surface area contributed by atoms with Crippen molar-refractivity contribution in [2.24, 2.45) is 11.8 Å². The van der Waals surface area contributed by atoms with Crippen LogP contribution in [0.5, 0.6) is 0 Å². The molecule has 0 N–H and O–H groups in total. The maximum Gasteiger partial charge on any atom is 0.105 e. The van der Waals surface area contributed by atoms with E-state index >= 15 is 0 Å². The lowest BCUT2D eigenvalue weighted by atomic mass is 9.85. The second-order valence-corrected chi connectivity index (χ2v) is 4.39. The van der Waals surface area contributed by atoms with Gasteiger partial charge in [0.1, 0.15) is 7.85 Å². The van der Waals surface area contributed by atoms with E-state index < -0.39 is 0 Å². The zero-order chi connectivity index (χ0) is 8.97. The molecule has 0 saturated heterocycles. The molecule has 3 unspecified atom stereocenters. The molecule has 0 nitrogen and oxygen atoms in total. The van der Waals surface area contributed by atoms with E-state index in [1.165, 1.54) is 25.7 Å². The number of hydrogen-bond acceptors (Lipinski definition) is 0. The molecule has 0 bridgehead atoms. The molecule has 1 aliphatic carbocycles. The lowest BCUT2D eigenvalue weighted by Crippen LogP contribution is -2.09. The van der Waals surface area contributed by atoms with Crippen molar-refractivity contribution in [2.75, 3.05) is 6.67 Å². The van der Waals surface area contributed by atoms with E-state index in [0.29, 0.717) is 11.8 Å². The molecule has 0 heterocycles. The monoisotopic (exact) mass is 170 g/mol. The smallest absolute Gasteiger partial charge is 0.105 e. The van der Waals surface area contributed by atoms with Crippen LogP contribution in [0.15, 0.2) is 0 Å². The minimum Gasteiger partial charge on any atom is -0.251 e. The van der Waals surface area contributed by atoms with E-state index in [0.717, 1.165) is 12.2 Å². The summed E-state index contributed by atoms with van der Waals surface area (Å²) in [5.74, 6) is 1.86. The van der Waals surface area contributed by atoms with Gasteiger partial charge >= 0.3 is 0 Å². The molecule has 2 heteroatoms. The Kier molecular flexibility index (Phi) is 4.10. The van der Waals surface area contributed by atoms with Crippen molar-refractivity contribution in [3.05, 3.63) is 0 Å². The Morgan fingerprint density at radius 3 is 2.58 bits per heavy atom. The highest BCUT2D eigenvalue weighted by molar-refractivity contribution is 6.11. The molecule has 3 atom stereocenters. The highest BCUT2D eigenvalue weighted by Gasteiger charge is 2.30. The molecule has 0 amide bonds. The van der Waals surface area contributed by atoms with Gasteiger partial charge in [-0.1, -0.05) is 44.8 Å². The maximum atomic E-state index is 12.5. The Hall–Kier alpha value is -0.00506. The highest BCUT2D eigenvalue weighted by Crippen LogP contribution is 2.41. The molecule has 1 saturated carbocycles. The summed E-state index contributed by atoms with van der Waals surface area (Å²) >= 11 is 0. The van der Waals surface area contributed by atoms with Gasteiger partial charge in [0.05, 0.1) is 6.67 Å². The second kappa shape index (κ2) is 4.88. The van der Waals surface area contributed by atoms with E-state index in [1.54, 1.807) is 0 Å². The molecule has 0 aromatic rings. The summed E-state index contributed by atoms with van der Waals surface area (Å²) in [5, 5.41) is 0. The Labute approximate surface area is 76.3 Å². The fourth-order valence-corrected chi connectivity index (χ4v) is 2.52. The molecule has 0 radical (unpaired) electrons. The van der Waals surface area contributed by atoms with Crippen molar-refractivity contribution < 1.29 is 4.39 Å². The Morgan fingerprint density at radius 1 is 1.33 bits per heavy atom. The van der Waals surface area contributed by atoms with Crippen LogP contribution in [0.3, 0.4) is 0 Å². The normalized spacial score (nSPS) is 35.7. The number of alkyl halides is 1. The fraction of sp³-hybridized carbons (Fsp3) is 1.00. The van der Waals surface area contributed by atoms with Crippen LogP contribution < -0.4 is 0 Å². The SMILES string of the molecule is BC1CC(CF)C(CCCC)C1. The Balaban J connectivity index is 2.30. The van der Waals surface area contributed by atoms with E-state index in [2.05, 4.69) is 14.8 Å². The maximum absolute atomic E-state index is 12.5. The summed E-state index contributed by atoms with van der Waals surface area (Å²) in [6, 6.07) is 0. The van der Waals surface area contributed by atoms with Crippen LogP contribution in [0, 0.1) is 11.8 Å². The Bertz CT molecular complexity index is 127. The van der Waals surface area contributed by atoms with E-state index in [9.17, 15) is 4.39 Å². The molecule has 0 spiro atoms. The van der Waals surface area contributed by atoms with Crippen LogP contribution >= 0.6 is 0 Å². The van der Waals surface area contributed by atoms with Gasteiger partial charge in [-0.25, -0.2) is 0 Å². The highest BCUT2D eigenvalue weighted by atomic mass is 19.1. The molecule has 1 fully saturated rings. The molecule has 0 aliphatic heterocycles. The summed E-state index contributed by atoms with van der Waals surface area (Å²) in [6.07, 6.45) is 6.20. The largest absolute Gasteiger partial charge is 0.251 e. The minimum atomic E-state index is -0.0846. The van der Waals surface area contributed by atoms with Gasteiger partial charge in [-0.3, -0.25) is 4.39 Å². The predicted molar refractivity (Wildman–Crippen MR) is 54.0 cm³/mol. The first kappa shape index (κ1) is 10.1. The number of hydrogen-bond donors (Lipinski definition) is 0. The zero-order valence-corrected chi connectivity index (χ0v) is 8.35. The molecule has 70 valence electrons. The van der Waals surface area contributed by atoms with Gasteiger partial charge in [0, 0.05) is 0 Å². The topological polar surface area (TPSA) is 0 Å². The van der Waals surface area contributed by atoms with Gasteiger partial charge in [-0.15, -0.1) is 0 Å². The van der Waals surface area contributed by atoms with Gasteiger partial charge < -0.3 is 0 Å². The third-order valence-electron chi connectivity index (χ3n) is 3.20.